The molecule has 2 aromatic carbocycles. The van der Waals surface area contributed by atoms with E-state index in [4.69, 9.17) is 0 Å². The zero-order chi connectivity index (χ0) is 18.2. The van der Waals surface area contributed by atoms with E-state index in [1.807, 2.05) is 30.3 Å². The molecule has 0 aliphatic heterocycles. The fraction of sp³-hybridized carbons (Fsp3) is 0.409. The van der Waals surface area contributed by atoms with Crippen LogP contribution in [0, 0.1) is 11.7 Å². The van der Waals surface area contributed by atoms with Gasteiger partial charge in [0.15, 0.2) is 0 Å². The summed E-state index contributed by atoms with van der Waals surface area (Å²) in [4.78, 5) is 12.3. The summed E-state index contributed by atoms with van der Waals surface area (Å²) in [5, 5.41) is 6.38. The van der Waals surface area contributed by atoms with Gasteiger partial charge in [0.1, 0.15) is 5.82 Å². The van der Waals surface area contributed by atoms with Gasteiger partial charge >= 0.3 is 0 Å². The molecule has 1 aliphatic rings. The molecule has 2 aromatic rings. The fourth-order valence-corrected chi connectivity index (χ4v) is 3.64. The van der Waals surface area contributed by atoms with Gasteiger partial charge in [0.25, 0.3) is 0 Å². The van der Waals surface area contributed by atoms with Crippen LogP contribution in [0.5, 0.6) is 0 Å². The number of hydrogen-bond acceptors (Lipinski definition) is 2. The molecule has 26 heavy (non-hydrogen) atoms. The third-order valence-electron chi connectivity index (χ3n) is 5.12. The predicted octanol–water partition coefficient (Wildman–Crippen LogP) is 4.20. The van der Waals surface area contributed by atoms with Crippen LogP contribution in [0.15, 0.2) is 54.6 Å². The first-order valence-electron chi connectivity index (χ1n) is 9.53. The molecular weight excluding hydrogens is 327 g/mol. The first kappa shape index (κ1) is 18.6. The second-order valence-electron chi connectivity index (χ2n) is 7.08. The lowest BCUT2D eigenvalue weighted by molar-refractivity contribution is -0.120. The van der Waals surface area contributed by atoms with Gasteiger partial charge in [-0.3, -0.25) is 10.1 Å². The summed E-state index contributed by atoms with van der Waals surface area (Å²) in [6, 6.07) is 16.2. The Labute approximate surface area is 155 Å². The first-order valence-corrected chi connectivity index (χ1v) is 9.53. The standard InChI is InChI=1S/C22H27FN2O/c23-20-13-11-19(12-14-20)22(18-9-5-2-6-10-18)25-16-21(26)24-15-17-7-3-1-4-8-17/h2,5-6,9-14,17,22,25H,1,3-4,7-8,15-16H2,(H,24,26). The molecule has 2 N–H and O–H groups in total. The summed E-state index contributed by atoms with van der Waals surface area (Å²) in [5.74, 6) is 0.374. The Balaban J connectivity index is 1.59. The van der Waals surface area contributed by atoms with E-state index in [0.29, 0.717) is 5.92 Å². The highest BCUT2D eigenvalue weighted by Crippen LogP contribution is 2.23. The van der Waals surface area contributed by atoms with Crippen molar-refractivity contribution in [1.82, 2.24) is 10.6 Å². The number of carbonyl (C=O) groups is 1. The molecule has 0 saturated heterocycles. The number of hydrogen-bond donors (Lipinski definition) is 2. The van der Waals surface area contributed by atoms with Crippen LogP contribution in [-0.2, 0) is 4.79 Å². The van der Waals surface area contributed by atoms with Crippen LogP contribution in [0.25, 0.3) is 0 Å². The summed E-state index contributed by atoms with van der Waals surface area (Å²) in [6.07, 6.45) is 6.31. The summed E-state index contributed by atoms with van der Waals surface area (Å²) in [7, 11) is 0. The Morgan fingerprint density at radius 1 is 0.962 bits per heavy atom. The molecule has 0 spiro atoms. The normalized spacial score (nSPS) is 16.2. The molecule has 3 nitrogen and oxygen atoms in total. The van der Waals surface area contributed by atoms with Crippen LogP contribution in [-0.4, -0.2) is 19.0 Å². The van der Waals surface area contributed by atoms with Crippen LogP contribution >= 0.6 is 0 Å². The lowest BCUT2D eigenvalue weighted by Gasteiger charge is -2.23. The molecule has 0 aromatic heterocycles. The van der Waals surface area contributed by atoms with Crippen molar-refractivity contribution in [2.24, 2.45) is 5.92 Å². The monoisotopic (exact) mass is 354 g/mol. The third kappa shape index (κ3) is 5.40. The SMILES string of the molecule is O=C(CNC(c1ccccc1)c1ccc(F)cc1)NCC1CCCCC1. The van der Waals surface area contributed by atoms with Crippen molar-refractivity contribution < 1.29 is 9.18 Å². The molecule has 1 saturated carbocycles. The van der Waals surface area contributed by atoms with Crippen LogP contribution < -0.4 is 10.6 Å². The van der Waals surface area contributed by atoms with Gasteiger partial charge in [-0.1, -0.05) is 61.7 Å². The van der Waals surface area contributed by atoms with Gasteiger partial charge in [0, 0.05) is 6.54 Å². The highest BCUT2D eigenvalue weighted by molar-refractivity contribution is 5.78. The van der Waals surface area contributed by atoms with Crippen LogP contribution in [0.3, 0.4) is 0 Å². The first-order chi connectivity index (χ1) is 12.7. The second kappa shape index (κ2) is 9.48. The zero-order valence-corrected chi connectivity index (χ0v) is 15.1. The summed E-state index contributed by atoms with van der Waals surface area (Å²) in [5.41, 5.74) is 2.00. The van der Waals surface area contributed by atoms with E-state index in [2.05, 4.69) is 10.6 Å². The van der Waals surface area contributed by atoms with Crippen LogP contribution in [0.4, 0.5) is 4.39 Å². The lowest BCUT2D eigenvalue weighted by Crippen LogP contribution is -2.38. The van der Waals surface area contributed by atoms with Crippen molar-refractivity contribution in [2.75, 3.05) is 13.1 Å². The number of nitrogens with one attached hydrogen (secondary N) is 2. The molecule has 138 valence electrons. The third-order valence-corrected chi connectivity index (χ3v) is 5.12. The summed E-state index contributed by atoms with van der Waals surface area (Å²) >= 11 is 0. The highest BCUT2D eigenvalue weighted by Gasteiger charge is 2.17. The Hall–Kier alpha value is -2.20. The summed E-state index contributed by atoms with van der Waals surface area (Å²) < 4.78 is 13.3. The summed E-state index contributed by atoms with van der Waals surface area (Å²) in [6.45, 7) is 1.01. The minimum absolute atomic E-state index is 0.0126. The molecule has 4 heteroatoms. The van der Waals surface area contributed by atoms with E-state index in [1.54, 1.807) is 12.1 Å². The Morgan fingerprint density at radius 3 is 2.31 bits per heavy atom. The lowest BCUT2D eigenvalue weighted by atomic mass is 9.89. The molecule has 3 rings (SSSR count). The number of benzene rings is 2. The van der Waals surface area contributed by atoms with E-state index in [9.17, 15) is 9.18 Å². The number of halogens is 1. The minimum Gasteiger partial charge on any atom is -0.355 e. The van der Waals surface area contributed by atoms with Gasteiger partial charge in [-0.2, -0.15) is 0 Å². The van der Waals surface area contributed by atoms with E-state index in [-0.39, 0.29) is 24.3 Å². The topological polar surface area (TPSA) is 41.1 Å². The van der Waals surface area contributed by atoms with Crippen LogP contribution in [0.2, 0.25) is 0 Å². The van der Waals surface area contributed by atoms with Gasteiger partial charge in [0.2, 0.25) is 5.91 Å². The number of amides is 1. The molecule has 1 amide bonds. The molecule has 0 heterocycles. The molecule has 1 fully saturated rings. The minimum atomic E-state index is -0.259. The van der Waals surface area contributed by atoms with Crippen molar-refractivity contribution in [3.63, 3.8) is 0 Å². The maximum absolute atomic E-state index is 13.3. The van der Waals surface area contributed by atoms with Crippen molar-refractivity contribution in [3.8, 4) is 0 Å². The Kier molecular flexibility index (Phi) is 6.78. The van der Waals surface area contributed by atoms with E-state index in [0.717, 1.165) is 17.7 Å². The highest BCUT2D eigenvalue weighted by atomic mass is 19.1. The van der Waals surface area contributed by atoms with E-state index >= 15 is 0 Å². The Morgan fingerprint density at radius 2 is 1.62 bits per heavy atom. The molecule has 1 aliphatic carbocycles. The van der Waals surface area contributed by atoms with Gasteiger partial charge in [-0.25, -0.2) is 4.39 Å². The fourth-order valence-electron chi connectivity index (χ4n) is 3.64. The van der Waals surface area contributed by atoms with E-state index < -0.39 is 0 Å². The molecule has 0 bridgehead atoms. The second-order valence-corrected chi connectivity index (χ2v) is 7.08. The van der Waals surface area contributed by atoms with Crippen molar-refractivity contribution in [1.29, 1.82) is 0 Å². The number of rotatable bonds is 7. The Bertz CT molecular complexity index is 681. The number of carbonyl (C=O) groups excluding carboxylic acids is 1. The van der Waals surface area contributed by atoms with Crippen molar-refractivity contribution in [3.05, 3.63) is 71.5 Å². The molecule has 0 radical (unpaired) electrons. The smallest absolute Gasteiger partial charge is 0.233 e. The largest absolute Gasteiger partial charge is 0.355 e. The molecular formula is C22H27FN2O. The average Bonchev–Trinajstić information content (AvgIpc) is 2.69. The van der Waals surface area contributed by atoms with Crippen molar-refractivity contribution >= 4 is 5.91 Å². The predicted molar refractivity (Wildman–Crippen MR) is 102 cm³/mol. The van der Waals surface area contributed by atoms with Gasteiger partial charge in [-0.15, -0.1) is 0 Å². The van der Waals surface area contributed by atoms with Gasteiger partial charge in [-0.05, 0) is 42.0 Å². The molecule has 1 unspecified atom stereocenters. The van der Waals surface area contributed by atoms with E-state index in [1.165, 1.54) is 44.2 Å². The molecule has 1 atom stereocenters. The average molecular weight is 354 g/mol. The maximum atomic E-state index is 13.3. The van der Waals surface area contributed by atoms with Crippen LogP contribution in [0.1, 0.15) is 49.3 Å². The van der Waals surface area contributed by atoms with Gasteiger partial charge in [0.05, 0.1) is 12.6 Å². The zero-order valence-electron chi connectivity index (χ0n) is 15.1. The van der Waals surface area contributed by atoms with Crippen molar-refractivity contribution in [2.45, 2.75) is 38.1 Å². The quantitative estimate of drug-likeness (QED) is 0.782. The maximum Gasteiger partial charge on any atom is 0.233 e. The van der Waals surface area contributed by atoms with Gasteiger partial charge < -0.3 is 5.32 Å².